The number of amides is 2. The van der Waals surface area contributed by atoms with Crippen LogP contribution in [0.1, 0.15) is 44.6 Å². The average Bonchev–Trinajstić information content (AvgIpc) is 2.89. The fourth-order valence-corrected chi connectivity index (χ4v) is 5.64. The number of sulfonamides is 1. The second-order valence-electron chi connectivity index (χ2n) is 9.48. The number of halogens is 1. The van der Waals surface area contributed by atoms with Crippen molar-refractivity contribution in [3.05, 3.63) is 53.1 Å². The van der Waals surface area contributed by atoms with Crippen LogP contribution in [0.4, 0.5) is 5.69 Å². The minimum atomic E-state index is -3.90. The Morgan fingerprint density at radius 1 is 1.08 bits per heavy atom. The summed E-state index contributed by atoms with van der Waals surface area (Å²) in [6.07, 6.45) is 6.08. The van der Waals surface area contributed by atoms with E-state index in [1.165, 1.54) is 25.2 Å². The molecule has 2 amide bonds. The van der Waals surface area contributed by atoms with E-state index in [-0.39, 0.29) is 29.9 Å². The smallest absolute Gasteiger partial charge is 0.244 e. The van der Waals surface area contributed by atoms with E-state index >= 15 is 0 Å². The summed E-state index contributed by atoms with van der Waals surface area (Å²) in [7, 11) is -1.01. The first-order valence-electron chi connectivity index (χ1n) is 12.6. The molecule has 1 fully saturated rings. The van der Waals surface area contributed by atoms with E-state index in [1.54, 1.807) is 43.3 Å². The molecule has 208 valence electrons. The van der Waals surface area contributed by atoms with Crippen molar-refractivity contribution in [2.24, 2.45) is 0 Å². The summed E-state index contributed by atoms with van der Waals surface area (Å²) in [4.78, 5) is 28.4. The zero-order chi connectivity index (χ0) is 27.9. The largest absolute Gasteiger partial charge is 0.497 e. The van der Waals surface area contributed by atoms with Gasteiger partial charge in [-0.05, 0) is 49.6 Å². The number of anilines is 1. The first-order valence-corrected chi connectivity index (χ1v) is 14.8. The third-order valence-electron chi connectivity index (χ3n) is 6.70. The van der Waals surface area contributed by atoms with Crippen LogP contribution in [-0.2, 0) is 26.2 Å². The van der Waals surface area contributed by atoms with Gasteiger partial charge in [0.05, 0.1) is 26.2 Å². The van der Waals surface area contributed by atoms with Crippen molar-refractivity contribution < 1.29 is 27.5 Å². The lowest BCUT2D eigenvalue weighted by Gasteiger charge is -2.33. The molecular weight excluding hydrogens is 530 g/mol. The standard InChI is InChI=1S/C27H36ClN3O6S/c1-19(27(33)29-22-11-6-5-7-12-22)30(17-20-9-8-10-21(28)15-20)26(32)18-31(38(4,34)35)24-14-13-23(36-2)16-25(24)37-3/h8-10,13-16,19,22H,5-7,11-12,17-18H2,1-4H3,(H,29,33)/t19-/m0/s1. The monoisotopic (exact) mass is 565 g/mol. The number of hydrogen-bond acceptors (Lipinski definition) is 6. The summed E-state index contributed by atoms with van der Waals surface area (Å²) in [5, 5.41) is 3.57. The zero-order valence-corrected chi connectivity index (χ0v) is 23.8. The summed E-state index contributed by atoms with van der Waals surface area (Å²) >= 11 is 6.17. The van der Waals surface area contributed by atoms with Crippen LogP contribution in [0.15, 0.2) is 42.5 Å². The lowest BCUT2D eigenvalue weighted by Crippen LogP contribution is -2.53. The first-order chi connectivity index (χ1) is 18.0. The minimum absolute atomic E-state index is 0.0675. The van der Waals surface area contributed by atoms with Crippen molar-refractivity contribution in [3.8, 4) is 11.5 Å². The molecule has 0 aromatic heterocycles. The van der Waals surface area contributed by atoms with Gasteiger partial charge in [0.2, 0.25) is 21.8 Å². The Hall–Kier alpha value is -2.98. The van der Waals surface area contributed by atoms with E-state index in [9.17, 15) is 18.0 Å². The Balaban J connectivity index is 1.92. The number of methoxy groups -OCH3 is 2. The molecule has 2 aromatic rings. The summed E-state index contributed by atoms with van der Waals surface area (Å²) < 4.78 is 37.3. The molecule has 3 rings (SSSR count). The van der Waals surface area contributed by atoms with Gasteiger partial charge in [-0.3, -0.25) is 13.9 Å². The lowest BCUT2D eigenvalue weighted by atomic mass is 9.95. The third-order valence-corrected chi connectivity index (χ3v) is 8.06. The number of carbonyl (C=O) groups is 2. The number of benzene rings is 2. The molecule has 0 spiro atoms. The van der Waals surface area contributed by atoms with E-state index in [0.29, 0.717) is 10.8 Å². The van der Waals surface area contributed by atoms with Crippen molar-refractivity contribution in [2.75, 3.05) is 31.3 Å². The van der Waals surface area contributed by atoms with E-state index in [2.05, 4.69) is 5.32 Å². The highest BCUT2D eigenvalue weighted by Crippen LogP contribution is 2.33. The molecule has 1 N–H and O–H groups in total. The van der Waals surface area contributed by atoms with Gasteiger partial charge in [0, 0.05) is 23.7 Å². The predicted molar refractivity (Wildman–Crippen MR) is 148 cm³/mol. The van der Waals surface area contributed by atoms with E-state index < -0.39 is 28.5 Å². The second-order valence-corrected chi connectivity index (χ2v) is 11.8. The van der Waals surface area contributed by atoms with Gasteiger partial charge < -0.3 is 19.7 Å². The molecule has 9 nitrogen and oxygen atoms in total. The summed E-state index contributed by atoms with van der Waals surface area (Å²) in [5.41, 5.74) is 0.905. The van der Waals surface area contributed by atoms with Gasteiger partial charge >= 0.3 is 0 Å². The van der Waals surface area contributed by atoms with Gasteiger partial charge in [-0.1, -0.05) is 43.0 Å². The van der Waals surface area contributed by atoms with E-state index in [1.807, 2.05) is 0 Å². The average molecular weight is 566 g/mol. The molecule has 2 aromatic carbocycles. The van der Waals surface area contributed by atoms with Crippen molar-refractivity contribution in [1.29, 1.82) is 0 Å². The highest BCUT2D eigenvalue weighted by molar-refractivity contribution is 7.92. The van der Waals surface area contributed by atoms with Gasteiger partial charge in [0.25, 0.3) is 0 Å². The van der Waals surface area contributed by atoms with Crippen molar-refractivity contribution in [3.63, 3.8) is 0 Å². The maximum absolute atomic E-state index is 13.8. The number of hydrogen-bond donors (Lipinski definition) is 1. The second kappa shape index (κ2) is 13.2. The molecule has 1 saturated carbocycles. The van der Waals surface area contributed by atoms with Crippen LogP contribution in [0.3, 0.4) is 0 Å². The number of rotatable bonds is 11. The molecule has 0 heterocycles. The summed E-state index contributed by atoms with van der Waals surface area (Å²) in [6, 6.07) is 10.9. The molecule has 38 heavy (non-hydrogen) atoms. The highest BCUT2D eigenvalue weighted by Gasteiger charge is 2.32. The van der Waals surface area contributed by atoms with Crippen molar-refractivity contribution >= 4 is 39.1 Å². The first kappa shape index (κ1) is 29.6. The topological polar surface area (TPSA) is 105 Å². The Kier molecular flexibility index (Phi) is 10.3. The van der Waals surface area contributed by atoms with Crippen molar-refractivity contribution in [1.82, 2.24) is 10.2 Å². The van der Waals surface area contributed by atoms with Crippen LogP contribution in [0.2, 0.25) is 5.02 Å². The number of carbonyl (C=O) groups excluding carboxylic acids is 2. The fourth-order valence-electron chi connectivity index (χ4n) is 4.57. The third kappa shape index (κ3) is 7.77. The molecule has 0 unspecified atom stereocenters. The molecule has 11 heteroatoms. The molecule has 0 aliphatic heterocycles. The van der Waals surface area contributed by atoms with Crippen LogP contribution in [-0.4, -0.2) is 64.2 Å². The van der Waals surface area contributed by atoms with Gasteiger partial charge in [-0.15, -0.1) is 0 Å². The quantitative estimate of drug-likeness (QED) is 0.442. The molecule has 1 atom stereocenters. The molecular formula is C27H36ClN3O6S. The normalized spacial score (nSPS) is 14.9. The highest BCUT2D eigenvalue weighted by atomic mass is 35.5. The van der Waals surface area contributed by atoms with Crippen LogP contribution < -0.4 is 19.1 Å². The van der Waals surface area contributed by atoms with Gasteiger partial charge in [-0.25, -0.2) is 8.42 Å². The molecule has 0 saturated heterocycles. The molecule has 0 bridgehead atoms. The molecule has 0 radical (unpaired) electrons. The number of ether oxygens (including phenoxy) is 2. The maximum Gasteiger partial charge on any atom is 0.244 e. The lowest BCUT2D eigenvalue weighted by molar-refractivity contribution is -0.139. The Labute approximate surface area is 230 Å². The summed E-state index contributed by atoms with van der Waals surface area (Å²) in [6.45, 7) is 1.21. The molecule has 1 aliphatic carbocycles. The van der Waals surface area contributed by atoms with Crippen LogP contribution in [0.5, 0.6) is 11.5 Å². The predicted octanol–water partition coefficient (Wildman–Crippen LogP) is 3.99. The Morgan fingerprint density at radius 3 is 2.39 bits per heavy atom. The maximum atomic E-state index is 13.8. The van der Waals surface area contributed by atoms with Gasteiger partial charge in [0.15, 0.2) is 0 Å². The SMILES string of the molecule is COc1ccc(N(CC(=O)N(Cc2cccc(Cl)c2)[C@@H](C)C(=O)NC2CCCCC2)S(C)(=O)=O)c(OC)c1. The van der Waals surface area contributed by atoms with Crippen molar-refractivity contribution in [2.45, 2.75) is 57.7 Å². The van der Waals surface area contributed by atoms with Gasteiger partial charge in [-0.2, -0.15) is 0 Å². The summed E-state index contributed by atoms with van der Waals surface area (Å²) in [5.74, 6) is -0.118. The number of nitrogens with one attached hydrogen (secondary N) is 1. The van der Waals surface area contributed by atoms with Gasteiger partial charge in [0.1, 0.15) is 24.1 Å². The van der Waals surface area contributed by atoms with Crippen LogP contribution >= 0.6 is 11.6 Å². The van der Waals surface area contributed by atoms with E-state index in [0.717, 1.165) is 48.2 Å². The Bertz CT molecular complexity index is 1230. The minimum Gasteiger partial charge on any atom is -0.497 e. The van der Waals surface area contributed by atoms with Crippen LogP contribution in [0.25, 0.3) is 0 Å². The van der Waals surface area contributed by atoms with Crippen LogP contribution in [0, 0.1) is 0 Å². The zero-order valence-electron chi connectivity index (χ0n) is 22.3. The van der Waals surface area contributed by atoms with E-state index in [4.69, 9.17) is 21.1 Å². The Morgan fingerprint density at radius 2 is 1.79 bits per heavy atom. The fraction of sp³-hybridized carbons (Fsp3) is 0.481. The number of nitrogens with zero attached hydrogens (tertiary/aromatic N) is 2. The molecule has 1 aliphatic rings.